The van der Waals surface area contributed by atoms with E-state index in [2.05, 4.69) is 31.0 Å². The first kappa shape index (κ1) is 14.9. The quantitative estimate of drug-likeness (QED) is 0.727. The minimum atomic E-state index is -0.148. The Balaban J connectivity index is 2.36. The Morgan fingerprint density at radius 1 is 1.53 bits per heavy atom. The second-order valence-corrected chi connectivity index (χ2v) is 5.33. The van der Waals surface area contributed by atoms with Gasteiger partial charge in [-0.3, -0.25) is 0 Å². The van der Waals surface area contributed by atoms with Crippen LogP contribution in [0.4, 0.5) is 0 Å². The first-order valence-corrected chi connectivity index (χ1v) is 6.79. The van der Waals surface area contributed by atoms with Gasteiger partial charge in [0.15, 0.2) is 0 Å². The molecule has 0 bridgehead atoms. The molecular weight excluding hydrogens is 216 g/mol. The van der Waals surface area contributed by atoms with Gasteiger partial charge in [-0.2, -0.15) is 0 Å². The smallest absolute Gasteiger partial charge is 0.0673 e. The lowest BCUT2D eigenvalue weighted by Crippen LogP contribution is -2.48. The summed E-state index contributed by atoms with van der Waals surface area (Å²) in [6.45, 7) is 11.4. The number of aliphatic hydroxyl groups excluding tert-OH is 1. The van der Waals surface area contributed by atoms with Gasteiger partial charge >= 0.3 is 0 Å². The molecule has 4 heteroatoms. The third-order valence-corrected chi connectivity index (χ3v) is 3.47. The van der Waals surface area contributed by atoms with Crippen LogP contribution in [0.3, 0.4) is 0 Å². The molecule has 1 saturated heterocycles. The summed E-state index contributed by atoms with van der Waals surface area (Å²) < 4.78 is 5.63. The van der Waals surface area contributed by atoms with Crippen molar-refractivity contribution < 1.29 is 9.84 Å². The Morgan fingerprint density at radius 2 is 2.29 bits per heavy atom. The minimum absolute atomic E-state index is 0.148. The van der Waals surface area contributed by atoms with Crippen LogP contribution in [0.15, 0.2) is 0 Å². The summed E-state index contributed by atoms with van der Waals surface area (Å²) in [5, 5.41) is 12.8. The van der Waals surface area contributed by atoms with Crippen molar-refractivity contribution in [1.29, 1.82) is 0 Å². The largest absolute Gasteiger partial charge is 0.394 e. The summed E-state index contributed by atoms with van der Waals surface area (Å²) in [6.07, 6.45) is 2.42. The van der Waals surface area contributed by atoms with Crippen molar-refractivity contribution in [1.82, 2.24) is 10.2 Å². The molecule has 1 aliphatic rings. The minimum Gasteiger partial charge on any atom is -0.394 e. The van der Waals surface area contributed by atoms with E-state index in [1.165, 1.54) is 0 Å². The van der Waals surface area contributed by atoms with Crippen LogP contribution < -0.4 is 5.32 Å². The van der Waals surface area contributed by atoms with E-state index >= 15 is 0 Å². The van der Waals surface area contributed by atoms with E-state index in [-0.39, 0.29) is 12.1 Å². The summed E-state index contributed by atoms with van der Waals surface area (Å²) in [4.78, 5) is 2.45. The Labute approximate surface area is 105 Å². The van der Waals surface area contributed by atoms with Crippen LogP contribution >= 0.6 is 0 Å². The van der Waals surface area contributed by atoms with E-state index in [4.69, 9.17) is 4.74 Å². The number of hydrogen-bond donors (Lipinski definition) is 2. The van der Waals surface area contributed by atoms with E-state index in [0.717, 1.165) is 45.6 Å². The lowest BCUT2D eigenvalue weighted by molar-refractivity contribution is 0.0651. The highest BCUT2D eigenvalue weighted by molar-refractivity contribution is 4.83. The number of likely N-dealkylation sites (N-methyl/N-ethyl adjacent to an activating group) is 1. The van der Waals surface area contributed by atoms with Crippen molar-refractivity contribution in [3.63, 3.8) is 0 Å². The number of nitrogens with zero attached hydrogens (tertiary/aromatic N) is 1. The molecular formula is C13H28N2O2. The molecule has 2 N–H and O–H groups in total. The van der Waals surface area contributed by atoms with E-state index < -0.39 is 0 Å². The second kappa shape index (κ2) is 7.31. The molecule has 0 aliphatic carbocycles. The van der Waals surface area contributed by atoms with Gasteiger partial charge in [0.05, 0.1) is 12.7 Å². The second-order valence-electron chi connectivity index (χ2n) is 5.33. The summed E-state index contributed by atoms with van der Waals surface area (Å²) in [5.41, 5.74) is -0.148. The average molecular weight is 244 g/mol. The number of ether oxygens (including phenoxy) is 1. The number of aliphatic hydroxyl groups is 1. The lowest BCUT2D eigenvalue weighted by Gasteiger charge is -2.31. The summed E-state index contributed by atoms with van der Waals surface area (Å²) in [6, 6.07) is 0. The number of hydrogen-bond acceptors (Lipinski definition) is 4. The highest BCUT2D eigenvalue weighted by Gasteiger charge is 2.23. The predicted molar refractivity (Wildman–Crippen MR) is 70.3 cm³/mol. The van der Waals surface area contributed by atoms with Crippen molar-refractivity contribution >= 4 is 0 Å². The van der Waals surface area contributed by atoms with Gasteiger partial charge in [0, 0.05) is 31.8 Å². The van der Waals surface area contributed by atoms with Crippen molar-refractivity contribution in [3.05, 3.63) is 0 Å². The first-order chi connectivity index (χ1) is 8.09. The van der Waals surface area contributed by atoms with Gasteiger partial charge in [-0.1, -0.05) is 6.92 Å². The fourth-order valence-corrected chi connectivity index (χ4v) is 2.34. The lowest BCUT2D eigenvalue weighted by atomic mass is 9.98. The van der Waals surface area contributed by atoms with Crippen molar-refractivity contribution in [2.75, 3.05) is 39.4 Å². The van der Waals surface area contributed by atoms with Gasteiger partial charge < -0.3 is 20.1 Å². The summed E-state index contributed by atoms with van der Waals surface area (Å²) in [7, 11) is 0. The third-order valence-electron chi connectivity index (χ3n) is 3.47. The van der Waals surface area contributed by atoms with Crippen LogP contribution in [0.25, 0.3) is 0 Å². The van der Waals surface area contributed by atoms with Crippen molar-refractivity contribution in [2.45, 2.75) is 45.3 Å². The maximum atomic E-state index is 9.45. The molecule has 0 aromatic heterocycles. The van der Waals surface area contributed by atoms with Crippen LogP contribution in [0.1, 0.15) is 33.6 Å². The SMILES string of the molecule is CCNC(C)(CO)CCN1CCCOC(C)C1. The average Bonchev–Trinajstić information content (AvgIpc) is 2.51. The molecule has 17 heavy (non-hydrogen) atoms. The standard InChI is InChI=1S/C13H28N2O2/c1-4-14-13(3,11-16)6-8-15-7-5-9-17-12(2)10-15/h12,14,16H,4-11H2,1-3H3. The molecule has 0 aromatic rings. The maximum absolute atomic E-state index is 9.45. The first-order valence-electron chi connectivity index (χ1n) is 6.79. The maximum Gasteiger partial charge on any atom is 0.0673 e. The van der Waals surface area contributed by atoms with Crippen LogP contribution in [0.5, 0.6) is 0 Å². The zero-order chi connectivity index (χ0) is 12.7. The van der Waals surface area contributed by atoms with Gasteiger partial charge in [0.1, 0.15) is 0 Å². The highest BCUT2D eigenvalue weighted by atomic mass is 16.5. The normalized spacial score (nSPS) is 26.5. The Kier molecular flexibility index (Phi) is 6.41. The Morgan fingerprint density at radius 3 is 2.94 bits per heavy atom. The zero-order valence-corrected chi connectivity index (χ0v) is 11.5. The van der Waals surface area contributed by atoms with E-state index in [1.807, 2.05) is 0 Å². The molecule has 1 aliphatic heterocycles. The summed E-state index contributed by atoms with van der Waals surface area (Å²) in [5.74, 6) is 0. The van der Waals surface area contributed by atoms with Crippen LogP contribution in [0.2, 0.25) is 0 Å². The summed E-state index contributed by atoms with van der Waals surface area (Å²) >= 11 is 0. The molecule has 0 aromatic carbocycles. The molecule has 0 saturated carbocycles. The monoisotopic (exact) mass is 244 g/mol. The molecule has 0 radical (unpaired) electrons. The van der Waals surface area contributed by atoms with Crippen LogP contribution in [-0.2, 0) is 4.74 Å². The number of nitrogens with one attached hydrogen (secondary N) is 1. The van der Waals surface area contributed by atoms with Crippen LogP contribution in [0, 0.1) is 0 Å². The molecule has 0 amide bonds. The molecule has 2 unspecified atom stereocenters. The van der Waals surface area contributed by atoms with E-state index in [9.17, 15) is 5.11 Å². The number of rotatable bonds is 6. The fourth-order valence-electron chi connectivity index (χ4n) is 2.34. The Bertz CT molecular complexity index is 214. The van der Waals surface area contributed by atoms with Gasteiger partial charge in [0.2, 0.25) is 0 Å². The molecule has 102 valence electrons. The van der Waals surface area contributed by atoms with E-state index in [1.54, 1.807) is 0 Å². The third kappa shape index (κ3) is 5.34. The van der Waals surface area contributed by atoms with Crippen LogP contribution in [-0.4, -0.2) is 61.0 Å². The Hall–Kier alpha value is -0.160. The fraction of sp³-hybridized carbons (Fsp3) is 1.00. The molecule has 4 nitrogen and oxygen atoms in total. The predicted octanol–water partition coefficient (Wildman–Crippen LogP) is 0.848. The zero-order valence-electron chi connectivity index (χ0n) is 11.5. The topological polar surface area (TPSA) is 44.7 Å². The van der Waals surface area contributed by atoms with Crippen molar-refractivity contribution in [3.8, 4) is 0 Å². The molecule has 1 heterocycles. The van der Waals surface area contributed by atoms with Crippen molar-refractivity contribution in [2.24, 2.45) is 0 Å². The molecule has 1 fully saturated rings. The van der Waals surface area contributed by atoms with Gasteiger partial charge in [-0.15, -0.1) is 0 Å². The molecule has 2 atom stereocenters. The molecule has 1 rings (SSSR count). The van der Waals surface area contributed by atoms with E-state index in [0.29, 0.717) is 6.10 Å². The highest BCUT2D eigenvalue weighted by Crippen LogP contribution is 2.12. The molecule has 0 spiro atoms. The van der Waals surface area contributed by atoms with Gasteiger partial charge in [0.25, 0.3) is 0 Å². The van der Waals surface area contributed by atoms with Gasteiger partial charge in [-0.25, -0.2) is 0 Å². The van der Waals surface area contributed by atoms with Gasteiger partial charge in [-0.05, 0) is 33.2 Å².